The number of allylic oxidation sites excluding steroid dienone is 1. The molecule has 10 aromatic rings. The Kier molecular flexibility index (Phi) is 6.08. The smallest absolute Gasteiger partial charge is 0.246 e. The number of benzene rings is 5. The summed E-state index contributed by atoms with van der Waals surface area (Å²) >= 11 is 3.81. The van der Waals surface area contributed by atoms with Crippen LogP contribution in [0.5, 0.6) is 0 Å². The van der Waals surface area contributed by atoms with E-state index >= 15 is 0 Å². The Morgan fingerprint density at radius 3 is 2.50 bits per heavy atom. The number of rotatable bonds is 2. The van der Waals surface area contributed by atoms with Gasteiger partial charge in [-0.15, -0.1) is 22.7 Å². The van der Waals surface area contributed by atoms with Gasteiger partial charge < -0.3 is 4.42 Å². The summed E-state index contributed by atoms with van der Waals surface area (Å²) in [7, 11) is 0. The zero-order valence-corrected chi connectivity index (χ0v) is 31.2. The summed E-state index contributed by atoms with van der Waals surface area (Å²) in [5, 5.41) is 11.9. The molecule has 258 valence electrons. The minimum atomic E-state index is 0.667. The third-order valence-corrected chi connectivity index (χ3v) is 14.7. The molecular weight excluding hydrogens is 699 g/mol. The summed E-state index contributed by atoms with van der Waals surface area (Å²) in [6.45, 7) is 0. The van der Waals surface area contributed by atoms with Crippen molar-refractivity contribution in [3.63, 3.8) is 0 Å². The number of hydrogen-bond acceptors (Lipinski definition) is 5. The summed E-state index contributed by atoms with van der Waals surface area (Å²) < 4.78 is 14.4. The minimum absolute atomic E-state index is 0.667. The first-order valence-corrected chi connectivity index (χ1v) is 21.0. The lowest BCUT2D eigenvalue weighted by Gasteiger charge is -2.17. The van der Waals surface area contributed by atoms with Crippen LogP contribution in [0, 0.1) is 0 Å². The van der Waals surface area contributed by atoms with Crippen molar-refractivity contribution in [2.75, 3.05) is 0 Å². The molecule has 0 saturated carbocycles. The molecule has 0 N–H and O–H groups in total. The van der Waals surface area contributed by atoms with Gasteiger partial charge >= 0.3 is 0 Å². The molecule has 0 saturated heterocycles. The highest BCUT2D eigenvalue weighted by molar-refractivity contribution is 7.27. The van der Waals surface area contributed by atoms with Gasteiger partial charge in [-0.3, -0.25) is 4.57 Å². The standard InChI is InChI=1S/C48H33N3OS2/c1-2-13-27-26(12-1)24-25-34-40-30-16-4-3-15-29(30)39-32-17-5-8-21-36(32)51(43(39)46(40)54-44(27)34)47-41(50-48-42(49-47)33-18-6-9-22-37(33)52-48)35-20-11-19-31-28-14-7-10-23-38(28)53-45(31)35/h1-2,4,7,10-14,16-17,19-21,23-25H,3,5-6,8-9,15,18,22H2. The highest BCUT2D eigenvalue weighted by Gasteiger charge is 2.29. The molecule has 6 heteroatoms. The third-order valence-electron chi connectivity index (χ3n) is 12.3. The van der Waals surface area contributed by atoms with Gasteiger partial charge in [0.05, 0.1) is 15.6 Å². The predicted molar refractivity (Wildman–Crippen MR) is 229 cm³/mol. The molecule has 5 aromatic carbocycles. The fourth-order valence-corrected chi connectivity index (χ4v) is 12.5. The minimum Gasteiger partial charge on any atom is -0.441 e. The van der Waals surface area contributed by atoms with Gasteiger partial charge in [0.2, 0.25) is 5.71 Å². The van der Waals surface area contributed by atoms with E-state index in [1.54, 1.807) is 0 Å². The first-order valence-electron chi connectivity index (χ1n) is 19.3. The van der Waals surface area contributed by atoms with Crippen LogP contribution in [-0.4, -0.2) is 14.5 Å². The van der Waals surface area contributed by atoms with Gasteiger partial charge in [-0.25, -0.2) is 9.97 Å². The largest absolute Gasteiger partial charge is 0.441 e. The number of aryl methyl sites for hydroxylation is 3. The molecule has 0 bridgehead atoms. The molecule has 0 atom stereocenters. The fraction of sp³-hybridized carbons (Fsp3) is 0.167. The molecule has 5 heterocycles. The van der Waals surface area contributed by atoms with Crippen molar-refractivity contribution in [2.24, 2.45) is 0 Å². The maximum atomic E-state index is 6.62. The summed E-state index contributed by atoms with van der Waals surface area (Å²) in [5.41, 5.74) is 8.99. The SMILES string of the molecule is C1=Cc2c(c3c4c(n(-c5nc6c7c(oc6nc5-c5cccc6c5sc5ccccc56)CCCC7)c3c3sc5c6ccccc6ccc5c23)=CCCC=4)CC1. The lowest BCUT2D eigenvalue weighted by molar-refractivity contribution is 0.500. The first-order chi connectivity index (χ1) is 26.8. The van der Waals surface area contributed by atoms with E-state index in [2.05, 4.69) is 108 Å². The van der Waals surface area contributed by atoms with Crippen molar-refractivity contribution in [2.45, 2.75) is 51.4 Å². The van der Waals surface area contributed by atoms with Crippen molar-refractivity contribution in [3.05, 3.63) is 118 Å². The molecule has 4 nitrogen and oxygen atoms in total. The number of nitrogens with zero attached hydrogens (tertiary/aromatic N) is 3. The normalized spacial score (nSPS) is 15.4. The van der Waals surface area contributed by atoms with E-state index in [-0.39, 0.29) is 0 Å². The monoisotopic (exact) mass is 731 g/mol. The van der Waals surface area contributed by atoms with Crippen LogP contribution in [0.15, 0.2) is 89.4 Å². The second-order valence-corrected chi connectivity index (χ2v) is 17.3. The van der Waals surface area contributed by atoms with Crippen LogP contribution < -0.4 is 10.6 Å². The molecule has 0 unspecified atom stereocenters. The van der Waals surface area contributed by atoms with E-state index in [9.17, 15) is 0 Å². The molecule has 13 rings (SSSR count). The highest BCUT2D eigenvalue weighted by atomic mass is 32.1. The molecule has 5 aromatic heterocycles. The molecule has 0 fully saturated rings. The van der Waals surface area contributed by atoms with Crippen molar-refractivity contribution in [1.29, 1.82) is 0 Å². The summed E-state index contributed by atoms with van der Waals surface area (Å²) in [4.78, 5) is 11.3. The van der Waals surface area contributed by atoms with E-state index in [0.29, 0.717) is 5.71 Å². The predicted octanol–water partition coefficient (Wildman–Crippen LogP) is 11.9. The third kappa shape index (κ3) is 3.92. The Hall–Kier alpha value is -5.56. The van der Waals surface area contributed by atoms with Crippen molar-refractivity contribution in [1.82, 2.24) is 14.5 Å². The van der Waals surface area contributed by atoms with Crippen LogP contribution in [0.4, 0.5) is 0 Å². The molecule has 0 amide bonds. The second kappa shape index (κ2) is 11.0. The number of furan rings is 1. The van der Waals surface area contributed by atoms with Gasteiger partial charge in [0.25, 0.3) is 0 Å². The van der Waals surface area contributed by atoms with Crippen LogP contribution >= 0.6 is 22.7 Å². The van der Waals surface area contributed by atoms with E-state index in [1.165, 1.54) is 89.3 Å². The molecule has 0 radical (unpaired) electrons. The van der Waals surface area contributed by atoms with E-state index < -0.39 is 0 Å². The van der Waals surface area contributed by atoms with Gasteiger partial charge in [-0.2, -0.15) is 0 Å². The zero-order chi connectivity index (χ0) is 35.1. The van der Waals surface area contributed by atoms with Crippen LogP contribution in [0.2, 0.25) is 0 Å². The van der Waals surface area contributed by atoms with Gasteiger partial charge in [0, 0.05) is 63.8 Å². The van der Waals surface area contributed by atoms with E-state index in [1.807, 2.05) is 22.7 Å². The van der Waals surface area contributed by atoms with Crippen LogP contribution in [0.3, 0.4) is 0 Å². The second-order valence-electron chi connectivity index (χ2n) is 15.2. The van der Waals surface area contributed by atoms with Gasteiger partial charge in [-0.1, -0.05) is 97.1 Å². The molecule has 0 spiro atoms. The van der Waals surface area contributed by atoms with Crippen molar-refractivity contribution in [3.8, 4) is 17.1 Å². The Bertz CT molecular complexity index is 3460. The average molecular weight is 732 g/mol. The average Bonchev–Trinajstić information content (AvgIpc) is 3.99. The fourth-order valence-electron chi connectivity index (χ4n) is 9.93. The number of thiophene rings is 2. The summed E-state index contributed by atoms with van der Waals surface area (Å²) in [6, 6.07) is 29.0. The van der Waals surface area contributed by atoms with E-state index in [4.69, 9.17) is 14.4 Å². The van der Waals surface area contributed by atoms with Gasteiger partial charge in [0.1, 0.15) is 17.0 Å². The van der Waals surface area contributed by atoms with Gasteiger partial charge in [-0.05, 0) is 72.9 Å². The van der Waals surface area contributed by atoms with Crippen LogP contribution in [0.25, 0.3) is 109 Å². The Labute approximate surface area is 318 Å². The lowest BCUT2D eigenvalue weighted by atomic mass is 9.89. The number of aromatic nitrogens is 3. The summed E-state index contributed by atoms with van der Waals surface area (Å²) in [6.07, 6.45) is 18.1. The molecule has 0 aliphatic heterocycles. The van der Waals surface area contributed by atoms with E-state index in [0.717, 1.165) is 79.7 Å². The van der Waals surface area contributed by atoms with Crippen LogP contribution in [0.1, 0.15) is 54.6 Å². The number of fused-ring (bicyclic) bond motifs is 18. The van der Waals surface area contributed by atoms with Crippen molar-refractivity contribution < 1.29 is 4.42 Å². The van der Waals surface area contributed by atoms with Gasteiger partial charge in [0.15, 0.2) is 5.82 Å². The topological polar surface area (TPSA) is 43.9 Å². The highest BCUT2D eigenvalue weighted by Crippen LogP contribution is 2.48. The zero-order valence-electron chi connectivity index (χ0n) is 29.5. The molecule has 3 aliphatic carbocycles. The maximum Gasteiger partial charge on any atom is 0.246 e. The number of hydrogen-bond donors (Lipinski definition) is 0. The van der Waals surface area contributed by atoms with Crippen LogP contribution in [-0.2, 0) is 19.3 Å². The molecule has 54 heavy (non-hydrogen) atoms. The maximum absolute atomic E-state index is 6.62. The first kappa shape index (κ1) is 29.8. The molecule has 3 aliphatic rings. The quantitative estimate of drug-likeness (QED) is 0.178. The summed E-state index contributed by atoms with van der Waals surface area (Å²) in [5.74, 6) is 1.98. The molecular formula is C48H33N3OS2. The lowest BCUT2D eigenvalue weighted by Crippen LogP contribution is -2.31. The Morgan fingerprint density at radius 2 is 1.52 bits per heavy atom. The van der Waals surface area contributed by atoms with Crippen molar-refractivity contribution >= 4 is 114 Å². The Morgan fingerprint density at radius 1 is 0.648 bits per heavy atom. The Balaban J connectivity index is 1.25.